The molecule has 1 aromatic heterocycles. The molecule has 1 heterocycles. The third-order valence-electron chi connectivity index (χ3n) is 1.02. The molecule has 0 spiro atoms. The van der Waals surface area contributed by atoms with Gasteiger partial charge in [0.05, 0.1) is 0 Å². The van der Waals surface area contributed by atoms with Crippen molar-refractivity contribution in [2.45, 2.75) is 0 Å². The van der Waals surface area contributed by atoms with Crippen LogP contribution in [0.15, 0.2) is 21.7 Å². The maximum atomic E-state index is 8.09. The lowest BCUT2D eigenvalue weighted by molar-refractivity contribution is 0.501. The van der Waals surface area contributed by atoms with Crippen LogP contribution in [0, 0.1) is 5.39 Å². The van der Waals surface area contributed by atoms with Crippen LogP contribution in [-0.2, 0) is 0 Å². The summed E-state index contributed by atoms with van der Waals surface area (Å²) in [7, 11) is 0. The molecule has 0 aliphatic rings. The van der Waals surface area contributed by atoms with Crippen molar-refractivity contribution in [3.63, 3.8) is 0 Å². The normalized spacial score (nSPS) is 13.0. The Labute approximate surface area is 61.8 Å². The maximum absolute atomic E-state index is 8.09. The zero-order chi connectivity index (χ0) is 8.10. The van der Waals surface area contributed by atoms with E-state index in [2.05, 4.69) is 10.1 Å². The molecule has 0 atom stereocenters. The zero-order valence-electron chi connectivity index (χ0n) is 5.51. The highest BCUT2D eigenvalue weighted by Gasteiger charge is 1.89. The van der Waals surface area contributed by atoms with Gasteiger partial charge in [-0.3, -0.25) is 0 Å². The Morgan fingerprint density at radius 2 is 2.27 bits per heavy atom. The summed E-state index contributed by atoms with van der Waals surface area (Å²) in [5, 5.41) is 10.8. The molecule has 54 valence electrons. The summed E-state index contributed by atoms with van der Waals surface area (Å²) in [5.74, 6) is 0. The topological polar surface area (TPSA) is 76.0 Å². The molecule has 0 saturated carbocycles. The molecule has 0 bridgehead atoms. The molecule has 0 radical (unpaired) electrons. The van der Waals surface area contributed by atoms with Crippen LogP contribution in [0.3, 0.4) is 0 Å². The molecule has 0 fully saturated rings. The third-order valence-corrected chi connectivity index (χ3v) is 1.02. The van der Waals surface area contributed by atoms with E-state index in [0.717, 1.165) is 12.4 Å². The molecule has 0 aliphatic heterocycles. The van der Waals surface area contributed by atoms with Gasteiger partial charge >= 0.3 is 6.20 Å². The average molecular weight is 148 g/mol. The molecule has 5 nitrogen and oxygen atoms in total. The predicted octanol–water partition coefficient (Wildman–Crippen LogP) is 0.630. The van der Waals surface area contributed by atoms with Crippen LogP contribution in [0.25, 0.3) is 22.9 Å². The first-order valence-electron chi connectivity index (χ1n) is 2.81. The Morgan fingerprint density at radius 3 is 2.91 bits per heavy atom. The molecule has 11 heavy (non-hydrogen) atoms. The molecule has 0 aromatic carbocycles. The van der Waals surface area contributed by atoms with Crippen LogP contribution in [-0.4, -0.2) is 0 Å². The second-order valence-corrected chi connectivity index (χ2v) is 1.73. The minimum atomic E-state index is 0.391. The number of nitrogens with zero attached hydrogens (tertiary/aromatic N) is 4. The van der Waals surface area contributed by atoms with Crippen LogP contribution < -0.4 is 10.8 Å². The quantitative estimate of drug-likeness (QED) is 0.432. The van der Waals surface area contributed by atoms with Gasteiger partial charge in [-0.15, -0.1) is 0 Å². The van der Waals surface area contributed by atoms with Crippen LogP contribution in [0.1, 0.15) is 0 Å². The second-order valence-electron chi connectivity index (χ2n) is 1.73. The standard InChI is InChI=1S/C6H4N4O/c7-9-3-5-1-2-6(11-5)4-10-8/h1-4H. The van der Waals surface area contributed by atoms with Gasteiger partial charge in [0, 0.05) is 6.20 Å². The molecule has 1 rings (SSSR count). The number of hydrogen-bond donors (Lipinski definition) is 0. The van der Waals surface area contributed by atoms with Crippen molar-refractivity contribution in [3.05, 3.63) is 33.5 Å². The van der Waals surface area contributed by atoms with E-state index in [-0.39, 0.29) is 0 Å². The molecule has 0 aliphatic carbocycles. The third kappa shape index (κ3) is 1.72. The SMILES string of the molecule is N#[N+]C=c1ccc(=CN=[N-])o1. The molecule has 0 amide bonds. The summed E-state index contributed by atoms with van der Waals surface area (Å²) >= 11 is 0. The van der Waals surface area contributed by atoms with Crippen LogP contribution in [0.4, 0.5) is 0 Å². The fourth-order valence-corrected chi connectivity index (χ4v) is 0.621. The summed E-state index contributed by atoms with van der Waals surface area (Å²) in [6.45, 7) is 0. The summed E-state index contributed by atoms with van der Waals surface area (Å²) < 4.78 is 4.95. The van der Waals surface area contributed by atoms with Crippen molar-refractivity contribution in [2.24, 2.45) is 5.11 Å². The summed E-state index contributed by atoms with van der Waals surface area (Å²) in [5.41, 5.74) is 8.87. The van der Waals surface area contributed by atoms with Gasteiger partial charge in [-0.25, -0.2) is 0 Å². The van der Waals surface area contributed by atoms with Crippen molar-refractivity contribution in [3.8, 4) is 0 Å². The molecule has 0 unspecified atom stereocenters. The molecule has 0 saturated heterocycles. The molecule has 0 N–H and O–H groups in total. The zero-order valence-corrected chi connectivity index (χ0v) is 5.51. The van der Waals surface area contributed by atoms with Crippen molar-refractivity contribution in [2.75, 3.05) is 0 Å². The predicted molar refractivity (Wildman–Crippen MR) is 37.8 cm³/mol. The minimum Gasteiger partial charge on any atom is -0.707 e. The van der Waals surface area contributed by atoms with E-state index < -0.39 is 0 Å². The molecule has 1 aromatic rings. The van der Waals surface area contributed by atoms with Gasteiger partial charge in [0.15, 0.2) is 4.98 Å². The Morgan fingerprint density at radius 1 is 1.55 bits per heavy atom. The monoisotopic (exact) mass is 148 g/mol. The highest BCUT2D eigenvalue weighted by atomic mass is 16.3. The van der Waals surface area contributed by atoms with Gasteiger partial charge in [-0.05, 0) is 12.1 Å². The number of furan rings is 1. The van der Waals surface area contributed by atoms with Crippen molar-refractivity contribution in [1.82, 2.24) is 0 Å². The molecular formula is C6H4N4O. The lowest BCUT2D eigenvalue weighted by Gasteiger charge is -1.75. The van der Waals surface area contributed by atoms with Crippen molar-refractivity contribution in [1.29, 1.82) is 5.39 Å². The van der Waals surface area contributed by atoms with Crippen LogP contribution in [0.2, 0.25) is 0 Å². The van der Waals surface area contributed by atoms with E-state index in [0.29, 0.717) is 10.8 Å². The highest BCUT2D eigenvalue weighted by Crippen LogP contribution is 1.73. The lowest BCUT2D eigenvalue weighted by atomic mass is 10.5. The Balaban J connectivity index is 3.22. The first-order chi connectivity index (χ1) is 5.36. The fourth-order valence-electron chi connectivity index (χ4n) is 0.621. The lowest BCUT2D eigenvalue weighted by Crippen LogP contribution is -1.96. The van der Waals surface area contributed by atoms with Crippen molar-refractivity contribution < 1.29 is 4.42 Å². The molecular weight excluding hydrogens is 144 g/mol. The fraction of sp³-hybridized carbons (Fsp3) is 0. The van der Waals surface area contributed by atoms with Crippen molar-refractivity contribution >= 4 is 12.4 Å². The smallest absolute Gasteiger partial charge is 0.392 e. The summed E-state index contributed by atoms with van der Waals surface area (Å²) in [6, 6.07) is 3.16. The largest absolute Gasteiger partial charge is 0.707 e. The number of hydrogen-bond acceptors (Lipinski definition) is 3. The summed E-state index contributed by atoms with van der Waals surface area (Å²) in [4.78, 5) is 2.75. The van der Waals surface area contributed by atoms with E-state index in [1.165, 1.54) is 0 Å². The summed E-state index contributed by atoms with van der Waals surface area (Å²) in [6.07, 6.45) is 2.27. The van der Waals surface area contributed by atoms with Gasteiger partial charge in [0.25, 0.3) is 0 Å². The Kier molecular flexibility index (Phi) is 2.13. The van der Waals surface area contributed by atoms with Gasteiger partial charge in [-0.2, -0.15) is 0 Å². The van der Waals surface area contributed by atoms with Crippen LogP contribution in [0.5, 0.6) is 0 Å². The second kappa shape index (κ2) is 3.27. The molecule has 5 heteroatoms. The maximum Gasteiger partial charge on any atom is 0.392 e. The van der Waals surface area contributed by atoms with Gasteiger partial charge in [0.1, 0.15) is 5.42 Å². The van der Waals surface area contributed by atoms with Crippen LogP contribution >= 0.6 is 0 Å². The first-order valence-corrected chi connectivity index (χ1v) is 2.81. The first kappa shape index (κ1) is 7.15. The van der Waals surface area contributed by atoms with E-state index >= 15 is 0 Å². The number of rotatable bonds is 1. The number of diazo groups is 1. The van der Waals surface area contributed by atoms with E-state index in [9.17, 15) is 0 Å². The highest BCUT2D eigenvalue weighted by molar-refractivity contribution is 5.25. The van der Waals surface area contributed by atoms with Gasteiger partial charge in [0.2, 0.25) is 10.8 Å². The minimum absolute atomic E-state index is 0.391. The Hall–Kier alpha value is -1.96. The van der Waals surface area contributed by atoms with Gasteiger partial charge in [-0.1, -0.05) is 0 Å². The Bertz CT molecular complexity index is 397. The van der Waals surface area contributed by atoms with E-state index in [4.69, 9.17) is 15.3 Å². The van der Waals surface area contributed by atoms with E-state index in [1.807, 2.05) is 0 Å². The van der Waals surface area contributed by atoms with Gasteiger partial charge < -0.3 is 15.1 Å². The average Bonchev–Trinajstić information content (AvgIpc) is 2.38. The van der Waals surface area contributed by atoms with E-state index in [1.54, 1.807) is 12.1 Å².